The van der Waals surface area contributed by atoms with E-state index in [0.29, 0.717) is 12.8 Å². The average Bonchev–Trinajstić information content (AvgIpc) is 2.43. The molecule has 1 amide bonds. The summed E-state index contributed by atoms with van der Waals surface area (Å²) in [5.41, 5.74) is 0.843. The van der Waals surface area contributed by atoms with E-state index in [9.17, 15) is 14.7 Å². The lowest BCUT2D eigenvalue weighted by Gasteiger charge is -2.33. The third kappa shape index (κ3) is 4.01. The van der Waals surface area contributed by atoms with Gasteiger partial charge in [0.05, 0.1) is 6.42 Å². The van der Waals surface area contributed by atoms with Gasteiger partial charge >= 0.3 is 5.97 Å². The molecule has 0 unspecified atom stereocenters. The van der Waals surface area contributed by atoms with Crippen LogP contribution in [-0.4, -0.2) is 34.0 Å². The number of rotatable bonds is 4. The highest BCUT2D eigenvalue weighted by molar-refractivity contribution is 9.10. The molecule has 21 heavy (non-hydrogen) atoms. The monoisotopic (exact) mass is 371 g/mol. The van der Waals surface area contributed by atoms with Gasteiger partial charge in [0.1, 0.15) is 5.54 Å². The van der Waals surface area contributed by atoms with Crippen LogP contribution in [0.2, 0.25) is 0 Å². The number of halogens is 1. The molecule has 0 spiro atoms. The lowest BCUT2D eigenvalue weighted by atomic mass is 9.91. The Morgan fingerprint density at radius 2 is 2.05 bits per heavy atom. The molecule has 1 aliphatic rings. The Hall–Kier alpha value is -1.01. The van der Waals surface area contributed by atoms with Gasteiger partial charge in [-0.25, -0.2) is 4.79 Å². The fraction of sp³-hybridized carbons (Fsp3) is 0.467. The SMILES string of the molecule is Cc1cc(Br)ccc1CC(=O)NC1(C(=O)O)CCSCC1. The molecule has 6 heteroatoms. The zero-order chi connectivity index (χ0) is 15.5. The van der Waals surface area contributed by atoms with Crippen LogP contribution >= 0.6 is 27.7 Å². The van der Waals surface area contributed by atoms with Crippen molar-refractivity contribution in [3.8, 4) is 0 Å². The van der Waals surface area contributed by atoms with Crippen molar-refractivity contribution in [2.75, 3.05) is 11.5 Å². The summed E-state index contributed by atoms with van der Waals surface area (Å²) in [4.78, 5) is 23.8. The Kier molecular flexibility index (Phi) is 5.32. The van der Waals surface area contributed by atoms with Gasteiger partial charge in [-0.15, -0.1) is 0 Å². The summed E-state index contributed by atoms with van der Waals surface area (Å²) >= 11 is 5.12. The van der Waals surface area contributed by atoms with E-state index >= 15 is 0 Å². The minimum Gasteiger partial charge on any atom is -0.480 e. The number of carbonyl (C=O) groups excluding carboxylic acids is 1. The number of carboxylic acids is 1. The van der Waals surface area contributed by atoms with Crippen LogP contribution in [0.25, 0.3) is 0 Å². The first kappa shape index (κ1) is 16.4. The molecule has 0 radical (unpaired) electrons. The van der Waals surface area contributed by atoms with Gasteiger partial charge in [0.15, 0.2) is 0 Å². The Morgan fingerprint density at radius 3 is 2.62 bits per heavy atom. The highest BCUT2D eigenvalue weighted by Crippen LogP contribution is 2.27. The summed E-state index contributed by atoms with van der Waals surface area (Å²) in [6.07, 6.45) is 1.18. The van der Waals surface area contributed by atoms with Crippen LogP contribution in [0, 0.1) is 6.92 Å². The second-order valence-corrected chi connectivity index (χ2v) is 7.44. The summed E-state index contributed by atoms with van der Waals surface area (Å²) < 4.78 is 0.968. The molecule has 1 saturated heterocycles. The number of hydrogen-bond acceptors (Lipinski definition) is 3. The molecule has 1 aromatic rings. The van der Waals surface area contributed by atoms with E-state index < -0.39 is 11.5 Å². The Bertz CT molecular complexity index is 556. The van der Waals surface area contributed by atoms with Gasteiger partial charge in [0.25, 0.3) is 0 Å². The number of aliphatic carboxylic acids is 1. The molecule has 1 heterocycles. The first-order chi connectivity index (χ1) is 9.93. The standard InChI is InChI=1S/C15H18BrNO3S/c1-10-8-12(16)3-2-11(10)9-13(18)17-15(14(19)20)4-6-21-7-5-15/h2-3,8H,4-7,9H2,1H3,(H,17,18)(H,19,20). The maximum Gasteiger partial charge on any atom is 0.329 e. The number of carbonyl (C=O) groups is 2. The van der Waals surface area contributed by atoms with Crippen molar-refractivity contribution in [1.82, 2.24) is 5.32 Å². The lowest BCUT2D eigenvalue weighted by Crippen LogP contribution is -2.56. The predicted octanol–water partition coefficient (Wildman–Crippen LogP) is 2.77. The number of aryl methyl sites for hydroxylation is 1. The summed E-state index contributed by atoms with van der Waals surface area (Å²) in [7, 11) is 0. The molecular weight excluding hydrogens is 354 g/mol. The van der Waals surface area contributed by atoms with Crippen LogP contribution in [0.5, 0.6) is 0 Å². The number of hydrogen-bond donors (Lipinski definition) is 2. The molecule has 0 saturated carbocycles. The number of nitrogens with one attached hydrogen (secondary N) is 1. The second-order valence-electron chi connectivity index (χ2n) is 5.30. The van der Waals surface area contributed by atoms with Gasteiger partial charge in [0.2, 0.25) is 5.91 Å². The smallest absolute Gasteiger partial charge is 0.329 e. The molecule has 1 aromatic carbocycles. The van der Waals surface area contributed by atoms with Crippen LogP contribution in [0.1, 0.15) is 24.0 Å². The Morgan fingerprint density at radius 1 is 1.38 bits per heavy atom. The summed E-state index contributed by atoms with van der Waals surface area (Å²) in [6, 6.07) is 5.73. The van der Waals surface area contributed by atoms with E-state index in [1.54, 1.807) is 11.8 Å². The van der Waals surface area contributed by atoms with Crippen molar-refractivity contribution < 1.29 is 14.7 Å². The van der Waals surface area contributed by atoms with Crippen LogP contribution < -0.4 is 5.32 Å². The minimum absolute atomic E-state index is 0.210. The number of thioether (sulfide) groups is 1. The molecule has 0 bridgehead atoms. The van der Waals surface area contributed by atoms with E-state index in [1.807, 2.05) is 25.1 Å². The molecule has 0 atom stereocenters. The predicted molar refractivity (Wildman–Crippen MR) is 87.7 cm³/mol. The van der Waals surface area contributed by atoms with Crippen molar-refractivity contribution in [2.24, 2.45) is 0 Å². The van der Waals surface area contributed by atoms with Gasteiger partial charge in [-0.1, -0.05) is 22.0 Å². The van der Waals surface area contributed by atoms with Gasteiger partial charge in [-0.3, -0.25) is 4.79 Å². The normalized spacial score (nSPS) is 17.2. The molecule has 0 aromatic heterocycles. The topological polar surface area (TPSA) is 66.4 Å². The van der Waals surface area contributed by atoms with Crippen LogP contribution in [0.4, 0.5) is 0 Å². The lowest BCUT2D eigenvalue weighted by molar-refractivity contribution is -0.148. The summed E-state index contributed by atoms with van der Waals surface area (Å²) in [5.74, 6) is 0.381. The number of carboxylic acid groups (broad SMARTS) is 1. The van der Waals surface area contributed by atoms with Gasteiger partial charge < -0.3 is 10.4 Å². The zero-order valence-corrected chi connectivity index (χ0v) is 14.2. The van der Waals surface area contributed by atoms with E-state index in [2.05, 4.69) is 21.2 Å². The van der Waals surface area contributed by atoms with Crippen molar-refractivity contribution in [1.29, 1.82) is 0 Å². The fourth-order valence-electron chi connectivity index (χ4n) is 2.45. The third-order valence-corrected chi connectivity index (χ3v) is 5.27. The van der Waals surface area contributed by atoms with Crippen molar-refractivity contribution in [3.63, 3.8) is 0 Å². The van der Waals surface area contributed by atoms with Crippen molar-refractivity contribution in [3.05, 3.63) is 33.8 Å². The van der Waals surface area contributed by atoms with E-state index in [-0.39, 0.29) is 12.3 Å². The maximum atomic E-state index is 12.2. The molecule has 1 fully saturated rings. The van der Waals surface area contributed by atoms with Crippen molar-refractivity contribution >= 4 is 39.6 Å². The molecule has 114 valence electrons. The highest BCUT2D eigenvalue weighted by atomic mass is 79.9. The highest BCUT2D eigenvalue weighted by Gasteiger charge is 2.41. The molecule has 2 N–H and O–H groups in total. The average molecular weight is 372 g/mol. The van der Waals surface area contributed by atoms with Crippen LogP contribution in [0.15, 0.2) is 22.7 Å². The molecular formula is C15H18BrNO3S. The first-order valence-electron chi connectivity index (χ1n) is 6.80. The molecule has 1 aliphatic heterocycles. The van der Waals surface area contributed by atoms with Gasteiger partial charge in [0, 0.05) is 4.47 Å². The van der Waals surface area contributed by atoms with Gasteiger partial charge in [-0.05, 0) is 54.5 Å². The quantitative estimate of drug-likeness (QED) is 0.853. The number of benzene rings is 1. The largest absolute Gasteiger partial charge is 0.480 e. The van der Waals surface area contributed by atoms with E-state index in [1.165, 1.54) is 0 Å². The first-order valence-corrected chi connectivity index (χ1v) is 8.75. The van der Waals surface area contributed by atoms with Crippen molar-refractivity contribution in [2.45, 2.75) is 31.7 Å². The minimum atomic E-state index is -1.09. The summed E-state index contributed by atoms with van der Waals surface area (Å²) in [5, 5.41) is 12.2. The second kappa shape index (κ2) is 6.83. The van der Waals surface area contributed by atoms with E-state index in [0.717, 1.165) is 27.1 Å². The van der Waals surface area contributed by atoms with Crippen LogP contribution in [0.3, 0.4) is 0 Å². The summed E-state index contributed by atoms with van der Waals surface area (Å²) in [6.45, 7) is 1.94. The zero-order valence-electron chi connectivity index (χ0n) is 11.8. The fourth-order valence-corrected chi connectivity index (χ4v) is 4.12. The molecule has 4 nitrogen and oxygen atoms in total. The maximum absolute atomic E-state index is 12.2. The van der Waals surface area contributed by atoms with E-state index in [4.69, 9.17) is 0 Å². The van der Waals surface area contributed by atoms with Crippen LogP contribution in [-0.2, 0) is 16.0 Å². The third-order valence-electron chi connectivity index (χ3n) is 3.79. The molecule has 0 aliphatic carbocycles. The molecule has 2 rings (SSSR count). The van der Waals surface area contributed by atoms with Gasteiger partial charge in [-0.2, -0.15) is 11.8 Å². The Balaban J connectivity index is 2.07. The Labute approximate surface area is 136 Å². The number of amides is 1.